The molecule has 2 aromatic carbocycles. The largest absolute Gasteiger partial charge is 0.489 e. The lowest BCUT2D eigenvalue weighted by Gasteiger charge is -2.08. The molecule has 0 unspecified atom stereocenters. The molecule has 0 aliphatic carbocycles. The van der Waals surface area contributed by atoms with Gasteiger partial charge in [-0.3, -0.25) is 0 Å². The van der Waals surface area contributed by atoms with E-state index >= 15 is 0 Å². The van der Waals surface area contributed by atoms with Crippen LogP contribution in [0.25, 0.3) is 0 Å². The molecule has 0 fully saturated rings. The Bertz CT molecular complexity index is 537. The molecule has 0 N–H and O–H groups in total. The molecule has 0 spiro atoms. The van der Waals surface area contributed by atoms with Crippen LogP contribution < -0.4 is 4.74 Å². The molecule has 0 bridgehead atoms. The highest BCUT2D eigenvalue weighted by Gasteiger charge is 2.01. The molecule has 2 rings (SSSR count). The predicted octanol–water partition coefficient (Wildman–Crippen LogP) is 4.31. The third-order valence-electron chi connectivity index (χ3n) is 2.54. The minimum Gasteiger partial charge on any atom is -0.489 e. The van der Waals surface area contributed by atoms with Gasteiger partial charge >= 0.3 is 0 Å². The van der Waals surface area contributed by atoms with Crippen LogP contribution in [0.5, 0.6) is 5.75 Å². The lowest BCUT2D eigenvalue weighted by molar-refractivity contribution is 0.184. The molecule has 4 heteroatoms. The molecule has 0 aliphatic rings. The normalized spacial score (nSPS) is 10.5. The van der Waals surface area contributed by atoms with Crippen LogP contribution >= 0.6 is 15.9 Å². The highest BCUT2D eigenvalue weighted by atomic mass is 79.9. The monoisotopic (exact) mass is 324 g/mol. The van der Waals surface area contributed by atoms with Crippen molar-refractivity contribution in [2.24, 2.45) is 0 Å². The fraction of sp³-hybridized carbons (Fsp3) is 0.200. The van der Waals surface area contributed by atoms with Crippen LogP contribution in [0.2, 0.25) is 0 Å². The van der Waals surface area contributed by atoms with E-state index in [1.54, 1.807) is 7.11 Å². The van der Waals surface area contributed by atoms with E-state index < -0.39 is 0 Å². The number of hydrogen-bond acceptors (Lipinski definition) is 2. The maximum absolute atomic E-state index is 13.2. The Labute approximate surface area is 120 Å². The Balaban J connectivity index is 2.03. The van der Waals surface area contributed by atoms with Gasteiger partial charge in [-0.05, 0) is 41.5 Å². The van der Waals surface area contributed by atoms with Crippen molar-refractivity contribution < 1.29 is 13.9 Å². The van der Waals surface area contributed by atoms with Gasteiger partial charge in [-0.25, -0.2) is 4.39 Å². The standard InChI is InChI=1S/C15H14BrFO2/c1-18-9-11-3-2-4-15(7-11)19-10-12-5-13(16)8-14(17)6-12/h2-8H,9-10H2,1H3. The molecule has 0 aliphatic heterocycles. The summed E-state index contributed by atoms with van der Waals surface area (Å²) in [6.45, 7) is 0.871. The average Bonchev–Trinajstić information content (AvgIpc) is 2.36. The Kier molecular flexibility index (Phi) is 4.93. The first kappa shape index (κ1) is 14.0. The van der Waals surface area contributed by atoms with Crippen molar-refractivity contribution in [3.05, 3.63) is 63.9 Å². The van der Waals surface area contributed by atoms with Gasteiger partial charge in [0.1, 0.15) is 18.2 Å². The van der Waals surface area contributed by atoms with E-state index in [1.165, 1.54) is 12.1 Å². The maximum atomic E-state index is 13.2. The molecular formula is C15H14BrFO2. The van der Waals surface area contributed by atoms with Gasteiger partial charge in [0.25, 0.3) is 0 Å². The Morgan fingerprint density at radius 1 is 1.05 bits per heavy atom. The highest BCUT2D eigenvalue weighted by Crippen LogP contribution is 2.18. The zero-order valence-electron chi connectivity index (χ0n) is 10.5. The maximum Gasteiger partial charge on any atom is 0.124 e. The highest BCUT2D eigenvalue weighted by molar-refractivity contribution is 9.10. The van der Waals surface area contributed by atoms with E-state index in [0.29, 0.717) is 17.7 Å². The van der Waals surface area contributed by atoms with Gasteiger partial charge in [-0.2, -0.15) is 0 Å². The van der Waals surface area contributed by atoms with Crippen molar-refractivity contribution >= 4 is 15.9 Å². The number of rotatable bonds is 5. The number of hydrogen-bond donors (Lipinski definition) is 0. The van der Waals surface area contributed by atoms with Gasteiger partial charge in [0.05, 0.1) is 6.61 Å². The third kappa shape index (κ3) is 4.33. The van der Waals surface area contributed by atoms with Crippen LogP contribution in [0.15, 0.2) is 46.9 Å². The summed E-state index contributed by atoms with van der Waals surface area (Å²) in [6.07, 6.45) is 0. The van der Waals surface area contributed by atoms with Gasteiger partial charge < -0.3 is 9.47 Å². The molecule has 0 aromatic heterocycles. The molecule has 19 heavy (non-hydrogen) atoms. The molecule has 0 heterocycles. The van der Waals surface area contributed by atoms with Crippen LogP contribution in [0.1, 0.15) is 11.1 Å². The summed E-state index contributed by atoms with van der Waals surface area (Å²) in [4.78, 5) is 0. The molecule has 0 atom stereocenters. The molecule has 100 valence electrons. The minimum atomic E-state index is -0.277. The second-order valence-electron chi connectivity index (χ2n) is 4.15. The first-order chi connectivity index (χ1) is 9.17. The fourth-order valence-corrected chi connectivity index (χ4v) is 2.27. The van der Waals surface area contributed by atoms with Crippen LogP contribution in [0, 0.1) is 5.82 Å². The average molecular weight is 325 g/mol. The Hall–Kier alpha value is -1.39. The summed E-state index contributed by atoms with van der Waals surface area (Å²) in [5.41, 5.74) is 1.82. The van der Waals surface area contributed by atoms with Crippen molar-refractivity contribution in [2.45, 2.75) is 13.2 Å². The van der Waals surface area contributed by atoms with E-state index in [1.807, 2.05) is 30.3 Å². The predicted molar refractivity (Wildman–Crippen MR) is 75.6 cm³/mol. The molecule has 0 saturated carbocycles. The lowest BCUT2D eigenvalue weighted by Crippen LogP contribution is -1.97. The van der Waals surface area contributed by atoms with Crippen LogP contribution in [0.4, 0.5) is 4.39 Å². The molecule has 0 amide bonds. The zero-order chi connectivity index (χ0) is 13.7. The van der Waals surface area contributed by atoms with Gasteiger partial charge in [-0.1, -0.05) is 28.1 Å². The van der Waals surface area contributed by atoms with Crippen molar-refractivity contribution in [2.75, 3.05) is 7.11 Å². The summed E-state index contributed by atoms with van der Waals surface area (Å²) in [5.74, 6) is 0.469. The van der Waals surface area contributed by atoms with E-state index in [9.17, 15) is 4.39 Å². The quantitative estimate of drug-likeness (QED) is 0.815. The number of benzene rings is 2. The molecular weight excluding hydrogens is 311 g/mol. The van der Waals surface area contributed by atoms with E-state index in [4.69, 9.17) is 9.47 Å². The van der Waals surface area contributed by atoms with Crippen molar-refractivity contribution in [1.82, 2.24) is 0 Å². The van der Waals surface area contributed by atoms with Crippen molar-refractivity contribution in [3.63, 3.8) is 0 Å². The Morgan fingerprint density at radius 3 is 2.63 bits per heavy atom. The summed E-state index contributed by atoms with van der Waals surface area (Å²) >= 11 is 3.26. The smallest absolute Gasteiger partial charge is 0.124 e. The Morgan fingerprint density at radius 2 is 1.89 bits per heavy atom. The summed E-state index contributed by atoms with van der Waals surface area (Å²) < 4.78 is 24.6. The van der Waals surface area contributed by atoms with Gasteiger partial charge in [0.15, 0.2) is 0 Å². The van der Waals surface area contributed by atoms with Crippen molar-refractivity contribution in [3.8, 4) is 5.75 Å². The van der Waals surface area contributed by atoms with Gasteiger partial charge in [0.2, 0.25) is 0 Å². The third-order valence-corrected chi connectivity index (χ3v) is 3.00. The van der Waals surface area contributed by atoms with Crippen LogP contribution in [-0.2, 0) is 18.0 Å². The zero-order valence-corrected chi connectivity index (χ0v) is 12.1. The number of ether oxygens (including phenoxy) is 2. The second kappa shape index (κ2) is 6.68. The fourth-order valence-electron chi connectivity index (χ4n) is 1.75. The van der Waals surface area contributed by atoms with E-state index in [0.717, 1.165) is 16.9 Å². The number of methoxy groups -OCH3 is 1. The van der Waals surface area contributed by atoms with Crippen molar-refractivity contribution in [1.29, 1.82) is 0 Å². The van der Waals surface area contributed by atoms with Crippen LogP contribution in [-0.4, -0.2) is 7.11 Å². The van der Waals surface area contributed by atoms with E-state index in [-0.39, 0.29) is 5.82 Å². The summed E-state index contributed by atoms with van der Waals surface area (Å²) in [5, 5.41) is 0. The first-order valence-corrected chi connectivity index (χ1v) is 6.62. The molecule has 0 radical (unpaired) electrons. The minimum absolute atomic E-state index is 0.277. The SMILES string of the molecule is COCc1cccc(OCc2cc(F)cc(Br)c2)c1. The summed E-state index contributed by atoms with van der Waals surface area (Å²) in [7, 11) is 1.65. The first-order valence-electron chi connectivity index (χ1n) is 5.83. The van der Waals surface area contributed by atoms with Gasteiger partial charge in [-0.15, -0.1) is 0 Å². The lowest BCUT2D eigenvalue weighted by atomic mass is 10.2. The van der Waals surface area contributed by atoms with Crippen LogP contribution in [0.3, 0.4) is 0 Å². The molecule has 2 nitrogen and oxygen atoms in total. The molecule has 2 aromatic rings. The second-order valence-corrected chi connectivity index (χ2v) is 5.06. The number of halogens is 2. The molecule has 0 saturated heterocycles. The van der Waals surface area contributed by atoms with E-state index in [2.05, 4.69) is 15.9 Å². The summed E-state index contributed by atoms with van der Waals surface area (Å²) in [6, 6.07) is 12.4. The topological polar surface area (TPSA) is 18.5 Å². The van der Waals surface area contributed by atoms with Gasteiger partial charge in [0, 0.05) is 11.6 Å².